The molecule has 0 amide bonds. The fraction of sp³-hybridized carbons (Fsp3) is 0.704. The summed E-state index contributed by atoms with van der Waals surface area (Å²) in [4.78, 5) is 0. The lowest BCUT2D eigenvalue weighted by Gasteiger charge is -2.44. The van der Waals surface area contributed by atoms with E-state index in [0.717, 1.165) is 11.1 Å². The van der Waals surface area contributed by atoms with Crippen LogP contribution in [0.2, 0.25) is 0 Å². The summed E-state index contributed by atoms with van der Waals surface area (Å²) in [6.07, 6.45) is 17.9. The van der Waals surface area contributed by atoms with E-state index in [1.165, 1.54) is 44.9 Å². The van der Waals surface area contributed by atoms with E-state index in [-0.39, 0.29) is 5.38 Å². The first-order valence-electron chi connectivity index (χ1n) is 12.1. The van der Waals surface area contributed by atoms with Gasteiger partial charge in [-0.05, 0) is 91.6 Å². The first-order chi connectivity index (χ1) is 14.3. The van der Waals surface area contributed by atoms with E-state index in [4.69, 9.17) is 11.6 Å². The molecule has 2 unspecified atom stereocenters. The molecule has 7 atom stereocenters. The van der Waals surface area contributed by atoms with Crippen LogP contribution in [0, 0.1) is 29.1 Å². The van der Waals surface area contributed by atoms with Crippen molar-refractivity contribution >= 4 is 11.6 Å². The summed E-state index contributed by atoms with van der Waals surface area (Å²) in [5, 5.41) is 20.4. The van der Waals surface area contributed by atoms with Crippen LogP contribution in [0.4, 0.5) is 0 Å². The molecular weight excluding hydrogens is 392 g/mol. The van der Waals surface area contributed by atoms with Crippen molar-refractivity contribution in [2.75, 3.05) is 0 Å². The van der Waals surface area contributed by atoms with Crippen molar-refractivity contribution in [2.45, 2.75) is 89.2 Å². The van der Waals surface area contributed by atoms with Gasteiger partial charge in [0.2, 0.25) is 0 Å². The molecule has 30 heavy (non-hydrogen) atoms. The second-order valence-electron chi connectivity index (χ2n) is 10.7. The van der Waals surface area contributed by atoms with Gasteiger partial charge in [-0.3, -0.25) is 0 Å². The first-order valence-corrected chi connectivity index (χ1v) is 12.5. The van der Waals surface area contributed by atoms with Crippen LogP contribution in [0.5, 0.6) is 0 Å². The molecule has 0 heterocycles. The van der Waals surface area contributed by atoms with Crippen molar-refractivity contribution in [1.29, 1.82) is 0 Å². The molecule has 0 aromatic heterocycles. The normalized spacial score (nSPS) is 42.1. The number of hydrogen-bond donors (Lipinski definition) is 2. The molecule has 0 radical (unpaired) electrons. The summed E-state index contributed by atoms with van der Waals surface area (Å²) < 4.78 is 0. The van der Waals surface area contributed by atoms with E-state index in [1.54, 1.807) is 5.57 Å². The maximum atomic E-state index is 10.1. The first kappa shape index (κ1) is 22.4. The highest BCUT2D eigenvalue weighted by atomic mass is 35.5. The average molecular weight is 431 g/mol. The number of hydrogen-bond acceptors (Lipinski definition) is 2. The largest absolute Gasteiger partial charge is 0.393 e. The highest BCUT2D eigenvalue weighted by molar-refractivity contribution is 6.22. The molecule has 0 bridgehead atoms. The molecule has 4 saturated carbocycles. The molecule has 0 spiro atoms. The zero-order valence-corrected chi connectivity index (χ0v) is 19.5. The Balaban J connectivity index is 1.48. The second-order valence-corrected chi connectivity index (χ2v) is 11.2. The topological polar surface area (TPSA) is 40.5 Å². The Bertz CT molecular complexity index is 746. The Hall–Kier alpha value is -0.830. The third kappa shape index (κ3) is 4.52. The number of aliphatic hydroxyl groups excluding tert-OH is 2. The van der Waals surface area contributed by atoms with Crippen LogP contribution < -0.4 is 0 Å². The zero-order valence-electron chi connectivity index (χ0n) is 18.7. The predicted molar refractivity (Wildman–Crippen MR) is 125 cm³/mol. The second kappa shape index (κ2) is 8.96. The van der Waals surface area contributed by atoms with Crippen LogP contribution in [-0.2, 0) is 0 Å². The van der Waals surface area contributed by atoms with Crippen molar-refractivity contribution in [2.24, 2.45) is 29.1 Å². The summed E-state index contributed by atoms with van der Waals surface area (Å²) in [5.74, 6) is 2.64. The van der Waals surface area contributed by atoms with E-state index in [1.807, 2.05) is 0 Å². The van der Waals surface area contributed by atoms with Gasteiger partial charge in [-0.15, -0.1) is 11.6 Å². The minimum atomic E-state index is -0.611. The Morgan fingerprint density at radius 3 is 2.63 bits per heavy atom. The SMILES string of the molecule is C=C1/C(=C\C=C2/CCC[C@@]3(C)C2CC[C@@H]3[C@H](C)/C=C/C(Cl)C2CC2)C[C@@H](O)C[C@@H]1O. The third-order valence-electron chi connectivity index (χ3n) is 8.61. The smallest absolute Gasteiger partial charge is 0.0811 e. The van der Waals surface area contributed by atoms with Crippen LogP contribution >= 0.6 is 11.6 Å². The molecule has 2 N–H and O–H groups in total. The molecule has 166 valence electrons. The van der Waals surface area contributed by atoms with Crippen molar-refractivity contribution in [3.63, 3.8) is 0 Å². The molecule has 0 aliphatic heterocycles. The number of allylic oxidation sites excluding steroid dienone is 5. The summed E-state index contributed by atoms with van der Waals surface area (Å²) in [6, 6.07) is 0. The molecule has 4 aliphatic rings. The van der Waals surface area contributed by atoms with E-state index in [9.17, 15) is 10.2 Å². The quantitative estimate of drug-likeness (QED) is 0.394. The van der Waals surface area contributed by atoms with E-state index < -0.39 is 12.2 Å². The molecule has 0 aromatic carbocycles. The maximum absolute atomic E-state index is 10.1. The lowest BCUT2D eigenvalue weighted by molar-refractivity contribution is 0.0862. The van der Waals surface area contributed by atoms with Crippen LogP contribution in [0.15, 0.2) is 47.6 Å². The van der Waals surface area contributed by atoms with Gasteiger partial charge in [-0.2, -0.15) is 0 Å². The lowest BCUT2D eigenvalue weighted by Crippen LogP contribution is -2.35. The Morgan fingerprint density at radius 1 is 1.13 bits per heavy atom. The van der Waals surface area contributed by atoms with Gasteiger partial charge >= 0.3 is 0 Å². The monoisotopic (exact) mass is 430 g/mol. The van der Waals surface area contributed by atoms with E-state index in [0.29, 0.717) is 41.9 Å². The molecule has 4 fully saturated rings. The molecule has 0 aromatic rings. The molecule has 4 aliphatic carbocycles. The van der Waals surface area contributed by atoms with Crippen LogP contribution in [0.1, 0.15) is 71.6 Å². The fourth-order valence-electron chi connectivity index (χ4n) is 6.60. The van der Waals surface area contributed by atoms with Gasteiger partial charge in [0.05, 0.1) is 17.6 Å². The molecule has 0 saturated heterocycles. The minimum absolute atomic E-state index is 0.222. The number of alkyl halides is 1. The molecule has 4 rings (SSSR count). The standard InChI is InChI=1S/C27H39ClO2/c1-17(6-13-25(28)20-8-9-20)23-11-12-24-19(5-4-14-27(23,24)3)7-10-21-15-22(29)16-26(30)18(21)2/h6-7,10,13,17,20,22-26,29-30H,2,4-5,8-9,11-12,14-16H2,1,3H3/b13-6+,19-7+,21-10-/t17-,22-,23-,24?,25?,26+,27-/m1/s1. The Morgan fingerprint density at radius 2 is 1.90 bits per heavy atom. The lowest BCUT2D eigenvalue weighted by atomic mass is 9.61. The van der Waals surface area contributed by atoms with Gasteiger partial charge in [0.1, 0.15) is 0 Å². The predicted octanol–water partition coefficient (Wildman–Crippen LogP) is 6.34. The third-order valence-corrected chi connectivity index (χ3v) is 9.11. The number of rotatable bonds is 5. The van der Waals surface area contributed by atoms with Crippen LogP contribution in [0.3, 0.4) is 0 Å². The summed E-state index contributed by atoms with van der Waals surface area (Å²) >= 11 is 6.53. The number of aliphatic hydroxyl groups is 2. The van der Waals surface area contributed by atoms with Gasteiger partial charge in [0.15, 0.2) is 0 Å². The molecule has 2 nitrogen and oxygen atoms in total. The molecule has 3 heteroatoms. The van der Waals surface area contributed by atoms with Crippen molar-refractivity contribution < 1.29 is 10.2 Å². The average Bonchev–Trinajstić information content (AvgIpc) is 3.49. The zero-order chi connectivity index (χ0) is 21.5. The van der Waals surface area contributed by atoms with Crippen molar-refractivity contribution in [1.82, 2.24) is 0 Å². The van der Waals surface area contributed by atoms with Gasteiger partial charge in [-0.25, -0.2) is 0 Å². The maximum Gasteiger partial charge on any atom is 0.0811 e. The van der Waals surface area contributed by atoms with E-state index in [2.05, 4.69) is 44.7 Å². The molecular formula is C27H39ClO2. The summed E-state index contributed by atoms with van der Waals surface area (Å²) in [7, 11) is 0. The van der Waals surface area contributed by atoms with Crippen LogP contribution in [-0.4, -0.2) is 27.8 Å². The van der Waals surface area contributed by atoms with Crippen molar-refractivity contribution in [3.05, 3.63) is 47.6 Å². The fourth-order valence-corrected chi connectivity index (χ4v) is 6.93. The highest BCUT2D eigenvalue weighted by Crippen LogP contribution is 2.59. The van der Waals surface area contributed by atoms with Gasteiger partial charge in [0.25, 0.3) is 0 Å². The number of fused-ring (bicyclic) bond motifs is 1. The summed E-state index contributed by atoms with van der Waals surface area (Å²) in [6.45, 7) is 8.97. The Kier molecular flexibility index (Phi) is 6.68. The Labute approximate surface area is 187 Å². The van der Waals surface area contributed by atoms with Gasteiger partial charge in [-0.1, -0.05) is 50.3 Å². The van der Waals surface area contributed by atoms with Crippen molar-refractivity contribution in [3.8, 4) is 0 Å². The van der Waals surface area contributed by atoms with Gasteiger partial charge < -0.3 is 10.2 Å². The highest BCUT2D eigenvalue weighted by Gasteiger charge is 2.50. The minimum Gasteiger partial charge on any atom is -0.393 e. The summed E-state index contributed by atoms with van der Waals surface area (Å²) in [5.41, 5.74) is 3.71. The van der Waals surface area contributed by atoms with E-state index >= 15 is 0 Å². The number of halogens is 1. The van der Waals surface area contributed by atoms with Crippen LogP contribution in [0.25, 0.3) is 0 Å². The van der Waals surface area contributed by atoms with Gasteiger partial charge in [0, 0.05) is 6.42 Å².